The summed E-state index contributed by atoms with van der Waals surface area (Å²) in [6, 6.07) is 0. The summed E-state index contributed by atoms with van der Waals surface area (Å²) < 4.78 is 7.40. The third-order valence-electron chi connectivity index (χ3n) is 2.95. The van der Waals surface area contributed by atoms with Crippen molar-refractivity contribution in [2.24, 2.45) is 14.1 Å². The fourth-order valence-corrected chi connectivity index (χ4v) is 1.91. The van der Waals surface area contributed by atoms with E-state index in [0.717, 1.165) is 0 Å². The first-order valence-electron chi connectivity index (χ1n) is 6.98. The van der Waals surface area contributed by atoms with E-state index in [4.69, 9.17) is 9.84 Å². The fourth-order valence-electron chi connectivity index (χ4n) is 1.91. The Morgan fingerprint density at radius 2 is 1.72 bits per heavy atom. The van der Waals surface area contributed by atoms with Crippen molar-refractivity contribution >= 4 is 29.6 Å². The molecule has 0 spiro atoms. The highest BCUT2D eigenvalue weighted by atomic mass is 16.5. The van der Waals surface area contributed by atoms with Crippen molar-refractivity contribution < 1.29 is 24.2 Å². The van der Waals surface area contributed by atoms with E-state index in [1.54, 1.807) is 7.05 Å². The van der Waals surface area contributed by atoms with Crippen LogP contribution >= 0.6 is 0 Å². The Hall–Kier alpha value is -3.63. The highest BCUT2D eigenvalue weighted by molar-refractivity contribution is 6.02. The Morgan fingerprint density at radius 1 is 1.16 bits per heavy atom. The van der Waals surface area contributed by atoms with Gasteiger partial charge in [-0.3, -0.25) is 10.1 Å². The van der Waals surface area contributed by atoms with E-state index in [1.807, 2.05) is 0 Å². The van der Waals surface area contributed by atoms with E-state index in [2.05, 4.69) is 27.2 Å². The number of carboxylic acids is 1. The number of aromatic nitrogens is 4. The number of rotatable bonds is 6. The van der Waals surface area contributed by atoms with Crippen LogP contribution in [0, 0.1) is 0 Å². The van der Waals surface area contributed by atoms with Crippen LogP contribution in [0.2, 0.25) is 0 Å². The van der Waals surface area contributed by atoms with Gasteiger partial charge >= 0.3 is 12.1 Å². The van der Waals surface area contributed by atoms with Gasteiger partial charge < -0.3 is 24.3 Å². The molecular formula is C14H16N6O5. The molecule has 132 valence electrons. The summed E-state index contributed by atoms with van der Waals surface area (Å²) in [5.41, 5.74) is 0. The number of imidazole rings is 2. The van der Waals surface area contributed by atoms with Gasteiger partial charge in [0.1, 0.15) is 6.61 Å². The summed E-state index contributed by atoms with van der Waals surface area (Å²) in [5.74, 6) is -1.89. The van der Waals surface area contributed by atoms with Gasteiger partial charge in [-0.25, -0.2) is 19.6 Å². The summed E-state index contributed by atoms with van der Waals surface area (Å²) in [7, 11) is 3.05. The van der Waals surface area contributed by atoms with Gasteiger partial charge in [0.15, 0.2) is 11.6 Å². The maximum atomic E-state index is 12.2. The van der Waals surface area contributed by atoms with Crippen molar-refractivity contribution in [2.75, 3.05) is 17.2 Å². The quantitative estimate of drug-likeness (QED) is 0.657. The van der Waals surface area contributed by atoms with Gasteiger partial charge in [0.05, 0.1) is 0 Å². The summed E-state index contributed by atoms with van der Waals surface area (Å²) in [5, 5.41) is 13.8. The molecule has 2 amide bonds. The van der Waals surface area contributed by atoms with E-state index < -0.39 is 18.0 Å². The van der Waals surface area contributed by atoms with Gasteiger partial charge in [-0.1, -0.05) is 12.7 Å². The van der Waals surface area contributed by atoms with E-state index in [1.165, 1.54) is 34.7 Å². The molecule has 25 heavy (non-hydrogen) atoms. The molecule has 2 rings (SSSR count). The zero-order valence-electron chi connectivity index (χ0n) is 13.5. The Bertz CT molecular complexity index is 837. The molecule has 0 aliphatic heterocycles. The fraction of sp³-hybridized carbons (Fsp3) is 0.214. The number of ether oxygens (including phenoxy) is 1. The molecular weight excluding hydrogens is 332 g/mol. The van der Waals surface area contributed by atoms with Crippen molar-refractivity contribution in [3.05, 3.63) is 36.7 Å². The second-order valence-corrected chi connectivity index (χ2v) is 4.89. The lowest BCUT2D eigenvalue weighted by Gasteiger charge is -2.01. The van der Waals surface area contributed by atoms with Gasteiger partial charge in [0, 0.05) is 26.5 Å². The minimum Gasteiger partial charge on any atom is -0.475 e. The van der Waals surface area contributed by atoms with Crippen LogP contribution in [0.1, 0.15) is 21.2 Å². The Morgan fingerprint density at radius 3 is 2.28 bits per heavy atom. The van der Waals surface area contributed by atoms with E-state index in [0.29, 0.717) is 0 Å². The maximum absolute atomic E-state index is 12.2. The molecule has 3 N–H and O–H groups in total. The second kappa shape index (κ2) is 7.29. The molecule has 11 nitrogen and oxygen atoms in total. The van der Waals surface area contributed by atoms with Crippen molar-refractivity contribution in [1.29, 1.82) is 0 Å². The van der Waals surface area contributed by atoms with Gasteiger partial charge in [-0.05, 0) is 0 Å². The molecule has 0 fully saturated rings. The third-order valence-corrected chi connectivity index (χ3v) is 2.95. The minimum absolute atomic E-state index is 0.0125. The van der Waals surface area contributed by atoms with Crippen molar-refractivity contribution in [1.82, 2.24) is 19.1 Å². The predicted octanol–water partition coefficient (Wildman–Crippen LogP) is 0.839. The molecule has 0 atom stereocenters. The number of amides is 2. The molecule has 0 radical (unpaired) electrons. The Labute approximate surface area is 141 Å². The highest BCUT2D eigenvalue weighted by Gasteiger charge is 2.18. The van der Waals surface area contributed by atoms with Gasteiger partial charge in [0.2, 0.25) is 11.6 Å². The summed E-state index contributed by atoms with van der Waals surface area (Å²) in [6.45, 7) is 3.46. The molecule has 0 saturated heterocycles. The second-order valence-electron chi connectivity index (χ2n) is 4.89. The van der Waals surface area contributed by atoms with Crippen molar-refractivity contribution in [2.45, 2.75) is 0 Å². The van der Waals surface area contributed by atoms with Gasteiger partial charge in [-0.2, -0.15) is 0 Å². The molecule has 2 aromatic heterocycles. The van der Waals surface area contributed by atoms with Crippen molar-refractivity contribution in [3.8, 4) is 0 Å². The predicted molar refractivity (Wildman–Crippen MR) is 86.5 cm³/mol. The van der Waals surface area contributed by atoms with E-state index >= 15 is 0 Å². The average molecular weight is 348 g/mol. The lowest BCUT2D eigenvalue weighted by atomic mass is 10.5. The smallest absolute Gasteiger partial charge is 0.413 e. The van der Waals surface area contributed by atoms with Crippen LogP contribution in [0.4, 0.5) is 16.4 Å². The lowest BCUT2D eigenvalue weighted by Crippen LogP contribution is -2.17. The number of nitrogens with one attached hydrogen (secondary N) is 2. The number of carbonyl (C=O) groups excluding carboxylic acids is 2. The topological polar surface area (TPSA) is 140 Å². The number of hydrogen-bond acceptors (Lipinski definition) is 6. The molecule has 0 unspecified atom stereocenters. The maximum Gasteiger partial charge on any atom is 0.413 e. The number of hydrogen-bond donors (Lipinski definition) is 3. The molecule has 0 aromatic carbocycles. The number of nitrogens with zero attached hydrogens (tertiary/aromatic N) is 4. The number of aryl methyl sites for hydroxylation is 2. The molecule has 0 bridgehead atoms. The molecule has 0 saturated carbocycles. The monoisotopic (exact) mass is 348 g/mol. The summed E-state index contributed by atoms with van der Waals surface area (Å²) in [4.78, 5) is 42.4. The zero-order chi connectivity index (χ0) is 18.6. The number of carbonyl (C=O) groups is 3. The van der Waals surface area contributed by atoms with Crippen LogP contribution in [0.5, 0.6) is 0 Å². The van der Waals surface area contributed by atoms with Crippen LogP contribution in [0.15, 0.2) is 25.0 Å². The first-order valence-corrected chi connectivity index (χ1v) is 6.98. The Kier molecular flexibility index (Phi) is 5.17. The first kappa shape index (κ1) is 17.7. The van der Waals surface area contributed by atoms with Crippen LogP contribution < -0.4 is 10.6 Å². The van der Waals surface area contributed by atoms with Crippen LogP contribution in [-0.4, -0.2) is 48.8 Å². The van der Waals surface area contributed by atoms with Gasteiger partial charge in [0.25, 0.3) is 5.91 Å². The molecule has 0 aliphatic carbocycles. The minimum atomic E-state index is -1.22. The van der Waals surface area contributed by atoms with Crippen molar-refractivity contribution in [3.63, 3.8) is 0 Å². The van der Waals surface area contributed by atoms with Crippen LogP contribution in [0.25, 0.3) is 0 Å². The van der Waals surface area contributed by atoms with Gasteiger partial charge in [-0.15, -0.1) is 0 Å². The SMILES string of the molecule is C=CCOC(=O)Nc1cn(C)c(C(=O)Nc2cn(C)c(C(=O)O)n2)n1. The number of aromatic carboxylic acids is 1. The molecule has 0 aliphatic rings. The molecule has 11 heteroatoms. The highest BCUT2D eigenvalue weighted by Crippen LogP contribution is 2.12. The van der Waals surface area contributed by atoms with Crippen LogP contribution in [0.3, 0.4) is 0 Å². The first-order chi connectivity index (χ1) is 11.8. The van der Waals surface area contributed by atoms with E-state index in [9.17, 15) is 14.4 Å². The summed E-state index contributed by atoms with van der Waals surface area (Å²) in [6.07, 6.45) is 3.46. The average Bonchev–Trinajstić information content (AvgIpc) is 3.07. The molecule has 2 heterocycles. The lowest BCUT2D eigenvalue weighted by molar-refractivity contribution is 0.0679. The Balaban J connectivity index is 2.09. The van der Waals surface area contributed by atoms with E-state index in [-0.39, 0.29) is 29.9 Å². The molecule has 2 aromatic rings. The summed E-state index contributed by atoms with van der Waals surface area (Å²) >= 11 is 0. The third kappa shape index (κ3) is 4.22. The number of anilines is 2. The normalized spacial score (nSPS) is 10.2. The largest absolute Gasteiger partial charge is 0.475 e. The standard InChI is InChI=1S/C14H16N6O5/c1-4-5-25-14(24)18-9-7-19(2)10(15-9)12(21)17-8-6-20(3)11(16-8)13(22)23/h4,6-7H,1,5H2,2-3H3,(H,17,21)(H,18,24)(H,22,23). The zero-order valence-corrected chi connectivity index (χ0v) is 13.5. The van der Waals surface area contributed by atoms with Crippen LogP contribution in [-0.2, 0) is 18.8 Å². The number of carboxylic acid groups (broad SMARTS) is 1.